The molecule has 0 aromatic heterocycles. The highest BCUT2D eigenvalue weighted by atomic mass is 35.5. The van der Waals surface area contributed by atoms with E-state index < -0.39 is 11.0 Å². The normalized spacial score (nSPS) is 53.8. The minimum Gasteiger partial charge on any atom is -0.462 e. The minimum atomic E-state index is -1.52. The Labute approximate surface area is 183 Å². The lowest BCUT2D eigenvalue weighted by atomic mass is 9.44. The van der Waals surface area contributed by atoms with E-state index in [0.29, 0.717) is 23.8 Å². The van der Waals surface area contributed by atoms with Gasteiger partial charge in [-0.2, -0.15) is 0 Å². The van der Waals surface area contributed by atoms with Crippen molar-refractivity contribution in [3.8, 4) is 0 Å². The SMILES string of the molecule is C=C1C[C@H]2[C@@H]3CC4O[C@@]45C[C@@H](OC(C)=O)CC[C@]5(C)[C@H]3CC[C@]2(C)[C@@]1(O)C(=O)CCl. The number of ether oxygens (including phenoxy) is 2. The maximum Gasteiger partial charge on any atom is 0.302 e. The highest BCUT2D eigenvalue weighted by Gasteiger charge is 2.77. The van der Waals surface area contributed by atoms with Crippen molar-refractivity contribution in [2.45, 2.75) is 89.1 Å². The van der Waals surface area contributed by atoms with Gasteiger partial charge in [0, 0.05) is 24.2 Å². The maximum atomic E-state index is 12.7. The molecule has 1 heterocycles. The number of epoxide rings is 1. The topological polar surface area (TPSA) is 76.1 Å². The largest absolute Gasteiger partial charge is 0.462 e. The molecule has 5 aliphatic rings. The third kappa shape index (κ3) is 2.32. The molecule has 0 amide bonds. The standard InChI is InChI=1S/C24H33ClO5/c1-13-9-18-16-10-20-23(30-20)11-15(29-14(2)26)5-7-21(23,3)17(16)6-8-22(18,4)24(13,28)19(27)12-25/h15-18,20,28H,1,5-12H2,2-4H3/t15-,16+,17-,18-,20?,21+,22-,23-,24-/m0/s1. The quantitative estimate of drug-likeness (QED) is 0.315. The van der Waals surface area contributed by atoms with Crippen LogP contribution in [-0.2, 0) is 19.1 Å². The van der Waals surface area contributed by atoms with E-state index in [1.165, 1.54) is 6.92 Å². The van der Waals surface area contributed by atoms with Crippen LogP contribution in [0, 0.1) is 28.6 Å². The molecule has 1 saturated heterocycles. The summed E-state index contributed by atoms with van der Waals surface area (Å²) in [6.45, 7) is 10.1. The van der Waals surface area contributed by atoms with E-state index in [1.54, 1.807) is 0 Å². The van der Waals surface area contributed by atoms with Gasteiger partial charge in [0.05, 0.1) is 12.0 Å². The van der Waals surface area contributed by atoms with Crippen LogP contribution in [-0.4, -0.2) is 46.1 Å². The summed E-state index contributed by atoms with van der Waals surface area (Å²) in [6.07, 6.45) is 6.17. The third-order valence-corrected chi connectivity index (χ3v) is 10.3. The lowest BCUT2D eigenvalue weighted by molar-refractivity contribution is -0.167. The van der Waals surface area contributed by atoms with Crippen LogP contribution in [0.2, 0.25) is 0 Å². The number of hydrogen-bond acceptors (Lipinski definition) is 5. The third-order valence-electron chi connectivity index (χ3n) is 10.1. The van der Waals surface area contributed by atoms with Gasteiger partial charge in [0.1, 0.15) is 11.7 Å². The molecule has 4 aliphatic carbocycles. The smallest absolute Gasteiger partial charge is 0.302 e. The van der Waals surface area contributed by atoms with E-state index in [4.69, 9.17) is 21.1 Å². The Morgan fingerprint density at radius 2 is 1.93 bits per heavy atom. The second-order valence-electron chi connectivity index (χ2n) is 11.0. The van der Waals surface area contributed by atoms with Gasteiger partial charge in [-0.1, -0.05) is 20.4 Å². The monoisotopic (exact) mass is 436 g/mol. The molecule has 1 spiro atoms. The zero-order chi connectivity index (χ0) is 21.7. The fourth-order valence-corrected chi connectivity index (χ4v) is 8.74. The Bertz CT molecular complexity index is 826. The Balaban J connectivity index is 1.46. The number of esters is 1. The molecule has 0 aromatic carbocycles. The van der Waals surface area contributed by atoms with E-state index in [0.717, 1.165) is 38.5 Å². The van der Waals surface area contributed by atoms with E-state index in [2.05, 4.69) is 20.4 Å². The van der Waals surface area contributed by atoms with Crippen LogP contribution >= 0.6 is 11.6 Å². The summed E-state index contributed by atoms with van der Waals surface area (Å²) in [5.41, 5.74) is -1.54. The number of hydrogen-bond donors (Lipinski definition) is 1. The number of halogens is 1. The van der Waals surface area contributed by atoms with Gasteiger partial charge in [-0.25, -0.2) is 0 Å². The number of ketones is 1. The van der Waals surface area contributed by atoms with Crippen molar-refractivity contribution in [2.75, 3.05) is 5.88 Å². The predicted octanol–water partition coefficient (Wildman–Crippen LogP) is 3.80. The molecule has 5 fully saturated rings. The first kappa shape index (κ1) is 21.0. The summed E-state index contributed by atoms with van der Waals surface area (Å²) in [5, 5.41) is 11.6. The molecule has 9 atom stereocenters. The van der Waals surface area contributed by atoms with E-state index in [9.17, 15) is 14.7 Å². The predicted molar refractivity (Wildman–Crippen MR) is 112 cm³/mol. The highest BCUT2D eigenvalue weighted by molar-refractivity contribution is 6.29. The van der Waals surface area contributed by atoms with Gasteiger partial charge in [0.2, 0.25) is 0 Å². The summed E-state index contributed by atoms with van der Waals surface area (Å²) in [7, 11) is 0. The number of alkyl halides is 1. The molecule has 1 unspecified atom stereocenters. The van der Waals surface area contributed by atoms with Gasteiger partial charge < -0.3 is 14.6 Å². The second-order valence-corrected chi connectivity index (χ2v) is 11.3. The van der Waals surface area contributed by atoms with Crippen molar-refractivity contribution < 1.29 is 24.2 Å². The molecule has 0 radical (unpaired) electrons. The molecule has 166 valence electrons. The van der Waals surface area contributed by atoms with Gasteiger partial charge in [-0.3, -0.25) is 9.59 Å². The molecule has 0 bridgehead atoms. The van der Waals surface area contributed by atoms with Crippen LogP contribution in [0.4, 0.5) is 0 Å². The van der Waals surface area contributed by atoms with Crippen LogP contribution in [0.25, 0.3) is 0 Å². The number of rotatable bonds is 3. The number of carbonyl (C=O) groups excluding carboxylic acids is 2. The first-order valence-electron chi connectivity index (χ1n) is 11.4. The summed E-state index contributed by atoms with van der Waals surface area (Å²) in [6, 6.07) is 0. The first-order chi connectivity index (χ1) is 14.0. The average molecular weight is 437 g/mol. The van der Waals surface area contributed by atoms with Crippen molar-refractivity contribution in [2.24, 2.45) is 28.6 Å². The highest BCUT2D eigenvalue weighted by Crippen LogP contribution is 2.74. The number of Topliss-reactive ketones (excluding diaryl/α,β-unsaturated/α-hetero) is 1. The van der Waals surface area contributed by atoms with Gasteiger partial charge >= 0.3 is 5.97 Å². The van der Waals surface area contributed by atoms with Crippen LogP contribution < -0.4 is 0 Å². The lowest BCUT2D eigenvalue weighted by Gasteiger charge is -2.59. The Morgan fingerprint density at radius 3 is 2.60 bits per heavy atom. The van der Waals surface area contributed by atoms with Gasteiger partial charge in [0.15, 0.2) is 11.4 Å². The molecule has 5 nitrogen and oxygen atoms in total. The van der Waals surface area contributed by atoms with Gasteiger partial charge in [0.25, 0.3) is 0 Å². The summed E-state index contributed by atoms with van der Waals surface area (Å²) < 4.78 is 12.0. The molecule has 1 aliphatic heterocycles. The minimum absolute atomic E-state index is 0.0388. The lowest BCUT2D eigenvalue weighted by Crippen LogP contribution is -2.61. The zero-order valence-corrected chi connectivity index (χ0v) is 19.0. The molecular formula is C24H33ClO5. The van der Waals surface area contributed by atoms with Crippen molar-refractivity contribution in [3.63, 3.8) is 0 Å². The van der Waals surface area contributed by atoms with Crippen LogP contribution in [0.15, 0.2) is 12.2 Å². The van der Waals surface area contributed by atoms with Gasteiger partial charge in [-0.15, -0.1) is 11.6 Å². The zero-order valence-electron chi connectivity index (χ0n) is 18.2. The van der Waals surface area contributed by atoms with Crippen LogP contribution in [0.5, 0.6) is 0 Å². The van der Waals surface area contributed by atoms with Crippen molar-refractivity contribution in [1.82, 2.24) is 0 Å². The number of fused-ring (bicyclic) bond motifs is 4. The first-order valence-corrected chi connectivity index (χ1v) is 11.9. The van der Waals surface area contributed by atoms with E-state index in [1.807, 2.05) is 0 Å². The van der Waals surface area contributed by atoms with Crippen LogP contribution in [0.3, 0.4) is 0 Å². The Morgan fingerprint density at radius 1 is 1.23 bits per heavy atom. The van der Waals surface area contributed by atoms with Crippen LogP contribution in [0.1, 0.15) is 65.7 Å². The molecular weight excluding hydrogens is 404 g/mol. The van der Waals surface area contributed by atoms with Crippen molar-refractivity contribution >= 4 is 23.4 Å². The molecule has 30 heavy (non-hydrogen) atoms. The summed E-state index contributed by atoms with van der Waals surface area (Å²) in [5.74, 6) is 0.384. The summed E-state index contributed by atoms with van der Waals surface area (Å²) in [4.78, 5) is 24.2. The second kappa shape index (κ2) is 6.32. The molecule has 1 N–H and O–H groups in total. The molecule has 5 rings (SSSR count). The van der Waals surface area contributed by atoms with Crippen molar-refractivity contribution in [3.05, 3.63) is 12.2 Å². The number of carbonyl (C=O) groups is 2. The fourth-order valence-electron chi connectivity index (χ4n) is 8.55. The molecule has 6 heteroatoms. The van der Waals surface area contributed by atoms with Gasteiger partial charge in [-0.05, 0) is 61.9 Å². The maximum absolute atomic E-state index is 12.7. The fraction of sp³-hybridized carbons (Fsp3) is 0.833. The number of aliphatic hydroxyl groups is 1. The van der Waals surface area contributed by atoms with E-state index >= 15 is 0 Å². The molecule has 0 aromatic rings. The average Bonchev–Trinajstić information content (AvgIpc) is 3.34. The Kier molecular flexibility index (Phi) is 4.42. The van der Waals surface area contributed by atoms with E-state index in [-0.39, 0.29) is 46.8 Å². The Hall–Kier alpha value is -0.910. The summed E-state index contributed by atoms with van der Waals surface area (Å²) >= 11 is 5.90. The van der Waals surface area contributed by atoms with Crippen molar-refractivity contribution in [1.29, 1.82) is 0 Å². The molecule has 4 saturated carbocycles.